The molecule has 0 amide bonds. The maximum Gasteiger partial charge on any atom is 0.250 e. The van der Waals surface area contributed by atoms with E-state index in [1.54, 1.807) is 0 Å². The molecule has 0 radical (unpaired) electrons. The van der Waals surface area contributed by atoms with Gasteiger partial charge in [-0.25, -0.2) is 18.7 Å². The van der Waals surface area contributed by atoms with Gasteiger partial charge in [0.05, 0.1) is 16.1 Å². The summed E-state index contributed by atoms with van der Waals surface area (Å²) in [6, 6.07) is 2.54. The predicted octanol–water partition coefficient (Wildman–Crippen LogP) is 4.11. The summed E-state index contributed by atoms with van der Waals surface area (Å²) in [5.41, 5.74) is 0. The van der Waals surface area contributed by atoms with Gasteiger partial charge in [0, 0.05) is 18.5 Å². The lowest BCUT2D eigenvalue weighted by molar-refractivity contribution is 0.393. The number of hydrogen-bond acceptors (Lipinski definition) is 3. The van der Waals surface area contributed by atoms with Gasteiger partial charge in [-0.3, -0.25) is 0 Å². The van der Waals surface area contributed by atoms with Crippen LogP contribution in [0.3, 0.4) is 0 Å². The molecular formula is C11H7Br2F3N2O. The van der Waals surface area contributed by atoms with Crippen molar-refractivity contribution in [2.45, 2.75) is 0 Å². The summed E-state index contributed by atoms with van der Waals surface area (Å²) < 4.78 is 42.0. The van der Waals surface area contributed by atoms with E-state index in [1.165, 1.54) is 31.6 Å². The fourth-order valence-electron chi connectivity index (χ4n) is 0.905. The minimum absolute atomic E-state index is 0.0926. The average Bonchev–Trinajstić information content (AvgIpc) is 2.40. The highest BCUT2D eigenvalue weighted by molar-refractivity contribution is 9.10. The molecule has 0 aliphatic heterocycles. The second kappa shape index (κ2) is 7.44. The van der Waals surface area contributed by atoms with Gasteiger partial charge in [0.15, 0.2) is 5.82 Å². The molecule has 3 nitrogen and oxygen atoms in total. The van der Waals surface area contributed by atoms with Gasteiger partial charge in [-0.05, 0) is 37.9 Å². The van der Waals surface area contributed by atoms with Crippen molar-refractivity contribution < 1.29 is 17.9 Å². The van der Waals surface area contributed by atoms with E-state index in [2.05, 4.69) is 46.6 Å². The third kappa shape index (κ3) is 4.79. The molecule has 0 unspecified atom stereocenters. The van der Waals surface area contributed by atoms with Crippen LogP contribution in [0.15, 0.2) is 33.5 Å². The second-order valence-electron chi connectivity index (χ2n) is 3.04. The standard InChI is InChI=1S/C6H5BrFNO.C5H2BrF2N/c1-10-6-2-5(8)4(7)3-9-6;6-3-1-2-9-5(8)4(3)7/h2-3H,1H3;1-2H. The SMILES string of the molecule is COc1cc(F)c(Br)cn1.Fc1nccc(Br)c1F. The van der Waals surface area contributed by atoms with Gasteiger partial charge in [0.2, 0.25) is 11.8 Å². The van der Waals surface area contributed by atoms with Crippen molar-refractivity contribution in [3.63, 3.8) is 0 Å². The van der Waals surface area contributed by atoms with Crippen molar-refractivity contribution in [1.82, 2.24) is 9.97 Å². The maximum atomic E-state index is 12.6. The van der Waals surface area contributed by atoms with E-state index < -0.39 is 11.8 Å². The largest absolute Gasteiger partial charge is 0.481 e. The third-order valence-electron chi connectivity index (χ3n) is 1.79. The van der Waals surface area contributed by atoms with Crippen molar-refractivity contribution in [2.75, 3.05) is 7.11 Å². The number of ether oxygens (including phenoxy) is 1. The van der Waals surface area contributed by atoms with Gasteiger partial charge in [-0.2, -0.15) is 4.39 Å². The van der Waals surface area contributed by atoms with E-state index in [4.69, 9.17) is 0 Å². The molecule has 2 aromatic rings. The lowest BCUT2D eigenvalue weighted by atomic mass is 10.5. The van der Waals surface area contributed by atoms with E-state index in [-0.39, 0.29) is 16.2 Å². The Balaban J connectivity index is 0.000000191. The molecule has 0 saturated carbocycles. The molecule has 0 aliphatic carbocycles. The second-order valence-corrected chi connectivity index (χ2v) is 4.75. The van der Waals surface area contributed by atoms with Crippen LogP contribution < -0.4 is 4.74 Å². The van der Waals surface area contributed by atoms with Crippen LogP contribution in [0.5, 0.6) is 5.88 Å². The lowest BCUT2D eigenvalue weighted by Crippen LogP contribution is -1.88. The van der Waals surface area contributed by atoms with Crippen LogP contribution >= 0.6 is 31.9 Å². The Kier molecular flexibility index (Phi) is 6.23. The zero-order chi connectivity index (χ0) is 14.4. The van der Waals surface area contributed by atoms with Crippen LogP contribution in [0, 0.1) is 17.6 Å². The molecular weight excluding hydrogens is 393 g/mol. The fourth-order valence-corrected chi connectivity index (χ4v) is 1.40. The molecule has 0 aromatic carbocycles. The molecule has 2 rings (SSSR count). The molecule has 0 saturated heterocycles. The number of pyridine rings is 2. The summed E-state index contributed by atoms with van der Waals surface area (Å²) in [5, 5.41) is 0. The summed E-state index contributed by atoms with van der Waals surface area (Å²) in [7, 11) is 1.44. The minimum Gasteiger partial charge on any atom is -0.481 e. The van der Waals surface area contributed by atoms with E-state index >= 15 is 0 Å². The van der Waals surface area contributed by atoms with Crippen LogP contribution in [0.4, 0.5) is 13.2 Å². The van der Waals surface area contributed by atoms with Crippen molar-refractivity contribution in [1.29, 1.82) is 0 Å². The number of methoxy groups -OCH3 is 1. The summed E-state index contributed by atoms with van der Waals surface area (Å²) in [5.74, 6) is -2.12. The topological polar surface area (TPSA) is 35.0 Å². The molecule has 19 heavy (non-hydrogen) atoms. The first-order chi connectivity index (χ1) is 8.95. The number of rotatable bonds is 1. The number of hydrogen-bond donors (Lipinski definition) is 0. The highest BCUT2D eigenvalue weighted by Crippen LogP contribution is 2.17. The van der Waals surface area contributed by atoms with Gasteiger partial charge in [0.1, 0.15) is 5.82 Å². The first kappa shape index (κ1) is 15.9. The lowest BCUT2D eigenvalue weighted by Gasteiger charge is -1.97. The quantitative estimate of drug-likeness (QED) is 0.677. The van der Waals surface area contributed by atoms with Gasteiger partial charge in [-0.15, -0.1) is 0 Å². The molecule has 0 aliphatic rings. The molecule has 0 fully saturated rings. The van der Waals surface area contributed by atoms with E-state index in [0.29, 0.717) is 4.47 Å². The Morgan fingerprint density at radius 3 is 2.26 bits per heavy atom. The summed E-state index contributed by atoms with van der Waals surface area (Å²) in [6.45, 7) is 0. The smallest absolute Gasteiger partial charge is 0.250 e. The minimum atomic E-state index is -1.08. The van der Waals surface area contributed by atoms with Crippen LogP contribution in [0.2, 0.25) is 0 Å². The first-order valence-electron chi connectivity index (χ1n) is 4.76. The predicted molar refractivity (Wildman–Crippen MR) is 70.3 cm³/mol. The normalized spacial score (nSPS) is 9.58. The van der Waals surface area contributed by atoms with Gasteiger partial charge in [-0.1, -0.05) is 0 Å². The van der Waals surface area contributed by atoms with Crippen LogP contribution in [0.25, 0.3) is 0 Å². The summed E-state index contributed by atoms with van der Waals surface area (Å²) in [4.78, 5) is 6.82. The first-order valence-corrected chi connectivity index (χ1v) is 6.34. The average molecular weight is 400 g/mol. The zero-order valence-electron chi connectivity index (χ0n) is 9.50. The molecule has 2 aromatic heterocycles. The molecule has 0 atom stereocenters. The van der Waals surface area contributed by atoms with Crippen molar-refractivity contribution in [2.24, 2.45) is 0 Å². The van der Waals surface area contributed by atoms with Gasteiger partial charge in [0.25, 0.3) is 0 Å². The molecule has 102 valence electrons. The number of nitrogens with zero attached hydrogens (tertiary/aromatic N) is 2. The van der Waals surface area contributed by atoms with Crippen LogP contribution in [-0.2, 0) is 0 Å². The molecule has 8 heteroatoms. The van der Waals surface area contributed by atoms with E-state index in [1.807, 2.05) is 0 Å². The van der Waals surface area contributed by atoms with E-state index in [9.17, 15) is 13.2 Å². The van der Waals surface area contributed by atoms with Crippen LogP contribution in [-0.4, -0.2) is 17.1 Å². The molecule has 0 N–H and O–H groups in total. The van der Waals surface area contributed by atoms with Crippen molar-refractivity contribution in [3.8, 4) is 5.88 Å². The molecule has 0 spiro atoms. The highest BCUT2D eigenvalue weighted by atomic mass is 79.9. The zero-order valence-corrected chi connectivity index (χ0v) is 12.7. The monoisotopic (exact) mass is 398 g/mol. The Bertz CT molecular complexity index is 549. The fraction of sp³-hybridized carbons (Fsp3) is 0.0909. The Morgan fingerprint density at radius 1 is 1.11 bits per heavy atom. The number of halogens is 5. The van der Waals surface area contributed by atoms with Crippen LogP contribution in [0.1, 0.15) is 0 Å². The summed E-state index contributed by atoms with van der Waals surface area (Å²) >= 11 is 5.76. The highest BCUT2D eigenvalue weighted by Gasteiger charge is 2.04. The maximum absolute atomic E-state index is 12.6. The van der Waals surface area contributed by atoms with Crippen molar-refractivity contribution in [3.05, 3.63) is 51.1 Å². The van der Waals surface area contributed by atoms with Crippen molar-refractivity contribution >= 4 is 31.9 Å². The third-order valence-corrected chi connectivity index (χ3v) is 2.99. The van der Waals surface area contributed by atoms with Gasteiger partial charge < -0.3 is 4.74 Å². The number of aromatic nitrogens is 2. The molecule has 0 bridgehead atoms. The summed E-state index contributed by atoms with van der Waals surface area (Å²) in [6.07, 6.45) is 2.54. The van der Waals surface area contributed by atoms with E-state index in [0.717, 1.165) is 0 Å². The Morgan fingerprint density at radius 2 is 1.79 bits per heavy atom. The Labute approximate surface area is 124 Å². The molecule has 2 heterocycles. The van der Waals surface area contributed by atoms with Gasteiger partial charge >= 0.3 is 0 Å². The Hall–Kier alpha value is -1.15.